The second-order valence-electron chi connectivity index (χ2n) is 5.19. The lowest BCUT2D eigenvalue weighted by Gasteiger charge is -2.33. The molecule has 1 aliphatic heterocycles. The largest absolute Gasteiger partial charge is 0.342 e. The zero-order chi connectivity index (χ0) is 13.4. The van der Waals surface area contributed by atoms with E-state index in [2.05, 4.69) is 24.1 Å². The van der Waals surface area contributed by atoms with Gasteiger partial charge in [0.1, 0.15) is 0 Å². The van der Waals surface area contributed by atoms with Gasteiger partial charge in [0, 0.05) is 13.1 Å². The molecule has 1 rings (SSSR count). The van der Waals surface area contributed by atoms with Gasteiger partial charge in [0.15, 0.2) is 0 Å². The molecule has 1 atom stereocenters. The third-order valence-electron chi connectivity index (χ3n) is 3.63. The van der Waals surface area contributed by atoms with Gasteiger partial charge >= 0.3 is 0 Å². The molecular weight excluding hydrogens is 280 g/mol. The van der Waals surface area contributed by atoms with Crippen LogP contribution in [-0.2, 0) is 4.79 Å². The molecule has 5 heteroatoms. The number of unbranched alkanes of at least 4 members (excludes halogenated alkanes) is 1. The van der Waals surface area contributed by atoms with E-state index < -0.39 is 0 Å². The first kappa shape index (κ1) is 19.1. The van der Waals surface area contributed by atoms with Gasteiger partial charge in [0.2, 0.25) is 5.91 Å². The van der Waals surface area contributed by atoms with Crippen LogP contribution in [0.5, 0.6) is 0 Å². The first-order valence-corrected chi connectivity index (χ1v) is 8.28. The molecule has 0 aromatic rings. The summed E-state index contributed by atoms with van der Waals surface area (Å²) in [5, 5.41) is 3.37. The van der Waals surface area contributed by atoms with Crippen LogP contribution in [0.2, 0.25) is 0 Å². The summed E-state index contributed by atoms with van der Waals surface area (Å²) in [5.41, 5.74) is 0. The Morgan fingerprint density at radius 2 is 2.05 bits per heavy atom. The van der Waals surface area contributed by atoms with Crippen LogP contribution in [0.3, 0.4) is 0 Å². The summed E-state index contributed by atoms with van der Waals surface area (Å²) in [6.45, 7) is 7.23. The summed E-state index contributed by atoms with van der Waals surface area (Å²) in [7, 11) is 2.00. The van der Waals surface area contributed by atoms with Crippen LogP contribution in [-0.4, -0.2) is 48.5 Å². The molecule has 0 aliphatic carbocycles. The fourth-order valence-electron chi connectivity index (χ4n) is 2.38. The number of carbonyl (C=O) groups is 1. The Morgan fingerprint density at radius 3 is 2.58 bits per heavy atom. The SMILES string of the molecule is CCCCSC(C)C(=O)N1CCC(CNC)CC1.Cl. The molecule has 19 heavy (non-hydrogen) atoms. The Morgan fingerprint density at radius 1 is 1.42 bits per heavy atom. The monoisotopic (exact) mass is 308 g/mol. The fraction of sp³-hybridized carbons (Fsp3) is 0.929. The van der Waals surface area contributed by atoms with Crippen LogP contribution in [0, 0.1) is 5.92 Å². The van der Waals surface area contributed by atoms with Crippen molar-refractivity contribution in [1.82, 2.24) is 10.2 Å². The minimum Gasteiger partial charge on any atom is -0.342 e. The van der Waals surface area contributed by atoms with Gasteiger partial charge < -0.3 is 10.2 Å². The molecule has 0 spiro atoms. The molecule has 1 unspecified atom stereocenters. The van der Waals surface area contributed by atoms with Crippen molar-refractivity contribution in [2.24, 2.45) is 5.92 Å². The standard InChI is InChI=1S/C14H28N2OS.ClH/c1-4-5-10-18-12(2)14(17)16-8-6-13(7-9-16)11-15-3;/h12-13,15H,4-11H2,1-3H3;1H. The molecule has 0 aromatic carbocycles. The maximum absolute atomic E-state index is 12.2. The molecule has 1 N–H and O–H groups in total. The predicted octanol–water partition coefficient (Wildman–Crippen LogP) is 2.79. The van der Waals surface area contributed by atoms with E-state index >= 15 is 0 Å². The van der Waals surface area contributed by atoms with E-state index in [4.69, 9.17) is 0 Å². The van der Waals surface area contributed by atoms with Crippen molar-refractivity contribution >= 4 is 30.1 Å². The smallest absolute Gasteiger partial charge is 0.235 e. The first-order chi connectivity index (χ1) is 8.69. The Bertz CT molecular complexity index is 246. The zero-order valence-corrected chi connectivity index (χ0v) is 14.1. The maximum atomic E-state index is 12.2. The van der Waals surface area contributed by atoms with Crippen molar-refractivity contribution in [1.29, 1.82) is 0 Å². The van der Waals surface area contributed by atoms with Crippen molar-refractivity contribution in [3.8, 4) is 0 Å². The Balaban J connectivity index is 0.00000324. The number of thioether (sulfide) groups is 1. The molecular formula is C14H29ClN2OS. The van der Waals surface area contributed by atoms with Gasteiger partial charge in [-0.3, -0.25) is 4.79 Å². The molecule has 3 nitrogen and oxygen atoms in total. The van der Waals surface area contributed by atoms with Crippen LogP contribution in [0.25, 0.3) is 0 Å². The third kappa shape index (κ3) is 6.87. The average Bonchev–Trinajstić information content (AvgIpc) is 2.39. The fourth-order valence-corrected chi connectivity index (χ4v) is 3.48. The number of halogens is 1. The van der Waals surface area contributed by atoms with Crippen LogP contribution in [0.4, 0.5) is 0 Å². The highest BCUT2D eigenvalue weighted by Gasteiger charge is 2.25. The van der Waals surface area contributed by atoms with Crippen molar-refractivity contribution in [3.63, 3.8) is 0 Å². The molecule has 1 fully saturated rings. The Labute approximate surface area is 128 Å². The van der Waals surface area contributed by atoms with Gasteiger partial charge in [-0.2, -0.15) is 0 Å². The number of amides is 1. The number of likely N-dealkylation sites (tertiary alicyclic amines) is 1. The van der Waals surface area contributed by atoms with E-state index in [0.717, 1.165) is 44.1 Å². The van der Waals surface area contributed by atoms with Gasteiger partial charge in [0.25, 0.3) is 0 Å². The van der Waals surface area contributed by atoms with Gasteiger partial charge in [-0.1, -0.05) is 13.3 Å². The van der Waals surface area contributed by atoms with Crippen LogP contribution in [0.15, 0.2) is 0 Å². The number of hydrogen-bond acceptors (Lipinski definition) is 3. The quantitative estimate of drug-likeness (QED) is 0.734. The van der Waals surface area contributed by atoms with Gasteiger partial charge in [-0.25, -0.2) is 0 Å². The van der Waals surface area contributed by atoms with Crippen LogP contribution < -0.4 is 5.32 Å². The molecule has 114 valence electrons. The lowest BCUT2D eigenvalue weighted by Crippen LogP contribution is -2.43. The van der Waals surface area contributed by atoms with E-state index in [0.29, 0.717) is 5.91 Å². The Hall–Kier alpha value is 0.0700. The van der Waals surface area contributed by atoms with E-state index in [-0.39, 0.29) is 17.7 Å². The van der Waals surface area contributed by atoms with Crippen molar-refractivity contribution < 1.29 is 4.79 Å². The molecule has 1 amide bonds. The van der Waals surface area contributed by atoms with Crippen LogP contribution in [0.1, 0.15) is 39.5 Å². The number of hydrogen-bond donors (Lipinski definition) is 1. The van der Waals surface area contributed by atoms with E-state index in [1.54, 1.807) is 0 Å². The maximum Gasteiger partial charge on any atom is 0.235 e. The molecule has 1 aliphatic rings. The van der Waals surface area contributed by atoms with Crippen molar-refractivity contribution in [3.05, 3.63) is 0 Å². The highest BCUT2D eigenvalue weighted by molar-refractivity contribution is 8.00. The predicted molar refractivity (Wildman–Crippen MR) is 87.3 cm³/mol. The number of nitrogens with one attached hydrogen (secondary N) is 1. The van der Waals surface area contributed by atoms with E-state index in [1.807, 2.05) is 18.8 Å². The van der Waals surface area contributed by atoms with Gasteiger partial charge in [-0.05, 0) is 51.4 Å². The highest BCUT2D eigenvalue weighted by atomic mass is 35.5. The average molecular weight is 309 g/mol. The molecule has 0 bridgehead atoms. The summed E-state index contributed by atoms with van der Waals surface area (Å²) < 4.78 is 0. The molecule has 0 saturated carbocycles. The number of piperidine rings is 1. The van der Waals surface area contributed by atoms with Gasteiger partial charge in [0.05, 0.1) is 5.25 Å². The van der Waals surface area contributed by atoms with Crippen molar-refractivity contribution in [2.45, 2.75) is 44.8 Å². The van der Waals surface area contributed by atoms with E-state index in [9.17, 15) is 4.79 Å². The van der Waals surface area contributed by atoms with E-state index in [1.165, 1.54) is 12.8 Å². The Kier molecular flexibility index (Phi) is 10.8. The molecule has 1 heterocycles. The number of rotatable bonds is 7. The second kappa shape index (κ2) is 10.8. The second-order valence-corrected chi connectivity index (χ2v) is 6.64. The topological polar surface area (TPSA) is 32.3 Å². The first-order valence-electron chi connectivity index (χ1n) is 7.24. The number of carbonyl (C=O) groups excluding carboxylic acids is 1. The minimum atomic E-state index is 0. The summed E-state index contributed by atoms with van der Waals surface area (Å²) in [5.74, 6) is 2.21. The molecule has 1 saturated heterocycles. The van der Waals surface area contributed by atoms with Crippen molar-refractivity contribution in [2.75, 3.05) is 32.4 Å². The normalized spacial score (nSPS) is 17.9. The van der Waals surface area contributed by atoms with Crippen LogP contribution >= 0.6 is 24.2 Å². The van der Waals surface area contributed by atoms with Gasteiger partial charge in [-0.15, -0.1) is 24.2 Å². The third-order valence-corrected chi connectivity index (χ3v) is 4.86. The summed E-state index contributed by atoms with van der Waals surface area (Å²) in [6.07, 6.45) is 4.73. The lowest BCUT2D eigenvalue weighted by atomic mass is 9.97. The molecule has 0 radical (unpaired) electrons. The molecule has 0 aromatic heterocycles. The summed E-state index contributed by atoms with van der Waals surface area (Å²) in [4.78, 5) is 14.3. The summed E-state index contributed by atoms with van der Waals surface area (Å²) >= 11 is 1.81. The summed E-state index contributed by atoms with van der Waals surface area (Å²) in [6, 6.07) is 0. The highest BCUT2D eigenvalue weighted by Crippen LogP contribution is 2.21. The lowest BCUT2D eigenvalue weighted by molar-refractivity contribution is -0.131. The zero-order valence-electron chi connectivity index (χ0n) is 12.5. The number of nitrogens with zero attached hydrogens (tertiary/aromatic N) is 1. The minimum absolute atomic E-state index is 0.